The Kier molecular flexibility index (Phi) is 8.14. The summed E-state index contributed by atoms with van der Waals surface area (Å²) in [6, 6.07) is 14.3. The first-order valence-corrected chi connectivity index (χ1v) is 7.85. The van der Waals surface area contributed by atoms with Crippen molar-refractivity contribution in [3.05, 3.63) is 71.8 Å². The minimum Gasteiger partial charge on any atom is -0.368 e. The third kappa shape index (κ3) is 7.08. The summed E-state index contributed by atoms with van der Waals surface area (Å²) in [5, 5.41) is 1.53. The fourth-order valence-electron chi connectivity index (χ4n) is 2.00. The Morgan fingerprint density at radius 1 is 0.786 bits per heavy atom. The molecular formula is C18H19F3N4O3. The van der Waals surface area contributed by atoms with Crippen LogP contribution in [0.4, 0.5) is 13.2 Å². The molecular weight excluding hydrogens is 377 g/mol. The Morgan fingerprint density at radius 2 is 1.21 bits per heavy atom. The number of halogens is 3. The zero-order valence-corrected chi connectivity index (χ0v) is 14.5. The van der Waals surface area contributed by atoms with Gasteiger partial charge in [0.05, 0.1) is 0 Å². The average Bonchev–Trinajstić information content (AvgIpc) is 2.66. The van der Waals surface area contributed by atoms with Gasteiger partial charge in [-0.25, -0.2) is 0 Å². The Bertz CT molecular complexity index is 799. The van der Waals surface area contributed by atoms with E-state index in [0.717, 1.165) is 5.56 Å². The molecule has 0 bridgehead atoms. The molecule has 150 valence electrons. The van der Waals surface area contributed by atoms with Crippen molar-refractivity contribution >= 4 is 17.7 Å². The van der Waals surface area contributed by atoms with Crippen molar-refractivity contribution in [1.29, 1.82) is 0 Å². The number of primary amides is 2. The van der Waals surface area contributed by atoms with E-state index in [0.29, 0.717) is 0 Å². The molecule has 0 aliphatic heterocycles. The molecule has 0 aliphatic carbocycles. The molecule has 7 nitrogen and oxygen atoms in total. The van der Waals surface area contributed by atoms with Gasteiger partial charge in [-0.3, -0.25) is 14.4 Å². The van der Waals surface area contributed by atoms with Crippen LogP contribution in [-0.2, 0) is 14.4 Å². The van der Waals surface area contributed by atoms with Crippen LogP contribution < -0.4 is 22.5 Å². The van der Waals surface area contributed by atoms with Crippen molar-refractivity contribution in [1.82, 2.24) is 5.32 Å². The SMILES string of the molecule is NC(=O)C(N)c1ccccc1.NC(=O)C(NC(=O)C(F)(F)F)c1ccccc1. The third-order valence-corrected chi connectivity index (χ3v) is 3.42. The zero-order chi connectivity index (χ0) is 21.3. The molecule has 0 fully saturated rings. The molecule has 0 saturated carbocycles. The molecule has 0 aliphatic rings. The van der Waals surface area contributed by atoms with Crippen LogP contribution in [0.15, 0.2) is 60.7 Å². The Labute approximate surface area is 158 Å². The summed E-state index contributed by atoms with van der Waals surface area (Å²) in [5.74, 6) is -3.77. The van der Waals surface area contributed by atoms with Crippen molar-refractivity contribution in [2.75, 3.05) is 0 Å². The van der Waals surface area contributed by atoms with E-state index in [-0.39, 0.29) is 5.56 Å². The van der Waals surface area contributed by atoms with Crippen LogP contribution >= 0.6 is 0 Å². The van der Waals surface area contributed by atoms with Gasteiger partial charge in [-0.1, -0.05) is 60.7 Å². The largest absolute Gasteiger partial charge is 0.471 e. The number of alkyl halides is 3. The van der Waals surface area contributed by atoms with Gasteiger partial charge >= 0.3 is 12.1 Å². The molecule has 0 radical (unpaired) electrons. The highest BCUT2D eigenvalue weighted by Gasteiger charge is 2.40. The number of rotatable bonds is 5. The van der Waals surface area contributed by atoms with Gasteiger partial charge in [0.25, 0.3) is 0 Å². The molecule has 2 atom stereocenters. The summed E-state index contributed by atoms with van der Waals surface area (Å²) >= 11 is 0. The number of nitrogens with two attached hydrogens (primary N) is 3. The van der Waals surface area contributed by atoms with Crippen LogP contribution in [0.25, 0.3) is 0 Å². The smallest absolute Gasteiger partial charge is 0.368 e. The van der Waals surface area contributed by atoms with E-state index < -0.39 is 36.0 Å². The maximum Gasteiger partial charge on any atom is 0.471 e. The second-order valence-corrected chi connectivity index (χ2v) is 5.51. The second-order valence-electron chi connectivity index (χ2n) is 5.51. The normalized spacial score (nSPS) is 12.7. The molecule has 3 amide bonds. The molecule has 2 unspecified atom stereocenters. The van der Waals surface area contributed by atoms with Crippen LogP contribution in [0.2, 0.25) is 0 Å². The first-order chi connectivity index (χ1) is 13.0. The molecule has 0 saturated heterocycles. The lowest BCUT2D eigenvalue weighted by atomic mass is 10.1. The maximum absolute atomic E-state index is 12.0. The minimum absolute atomic E-state index is 0.192. The van der Waals surface area contributed by atoms with Crippen molar-refractivity contribution in [3.8, 4) is 0 Å². The van der Waals surface area contributed by atoms with Gasteiger partial charge in [0.2, 0.25) is 11.8 Å². The summed E-state index contributed by atoms with van der Waals surface area (Å²) in [6.07, 6.45) is -5.05. The maximum atomic E-state index is 12.0. The molecule has 2 aromatic rings. The first-order valence-electron chi connectivity index (χ1n) is 7.85. The van der Waals surface area contributed by atoms with Crippen LogP contribution in [0.3, 0.4) is 0 Å². The quantitative estimate of drug-likeness (QED) is 0.600. The lowest BCUT2D eigenvalue weighted by Gasteiger charge is -2.16. The van der Waals surface area contributed by atoms with Crippen LogP contribution in [0, 0.1) is 0 Å². The van der Waals surface area contributed by atoms with Crippen molar-refractivity contribution in [3.63, 3.8) is 0 Å². The van der Waals surface area contributed by atoms with Crippen LogP contribution in [-0.4, -0.2) is 23.9 Å². The van der Waals surface area contributed by atoms with E-state index in [2.05, 4.69) is 0 Å². The van der Waals surface area contributed by atoms with Crippen molar-refractivity contribution in [2.45, 2.75) is 18.3 Å². The molecule has 0 aromatic heterocycles. The monoisotopic (exact) mass is 396 g/mol. The van der Waals surface area contributed by atoms with Gasteiger partial charge in [0.1, 0.15) is 12.1 Å². The average molecular weight is 396 g/mol. The van der Waals surface area contributed by atoms with E-state index in [1.165, 1.54) is 29.6 Å². The predicted molar refractivity (Wildman–Crippen MR) is 95.1 cm³/mol. The lowest BCUT2D eigenvalue weighted by molar-refractivity contribution is -0.174. The van der Waals surface area contributed by atoms with Gasteiger partial charge < -0.3 is 22.5 Å². The number of hydrogen-bond acceptors (Lipinski definition) is 4. The highest BCUT2D eigenvalue weighted by molar-refractivity contribution is 5.89. The lowest BCUT2D eigenvalue weighted by Crippen LogP contribution is -2.43. The van der Waals surface area contributed by atoms with Crippen molar-refractivity contribution in [2.24, 2.45) is 17.2 Å². The highest BCUT2D eigenvalue weighted by atomic mass is 19.4. The number of benzene rings is 2. The number of carbonyl (C=O) groups is 3. The van der Waals surface area contributed by atoms with E-state index in [1.807, 2.05) is 18.2 Å². The summed E-state index contributed by atoms with van der Waals surface area (Å²) in [6.45, 7) is 0. The summed E-state index contributed by atoms with van der Waals surface area (Å²) in [7, 11) is 0. The summed E-state index contributed by atoms with van der Waals surface area (Å²) in [4.78, 5) is 32.3. The van der Waals surface area contributed by atoms with Crippen LogP contribution in [0.5, 0.6) is 0 Å². The van der Waals surface area contributed by atoms with Gasteiger partial charge in [0.15, 0.2) is 0 Å². The highest BCUT2D eigenvalue weighted by Crippen LogP contribution is 2.18. The fourth-order valence-corrected chi connectivity index (χ4v) is 2.00. The van der Waals surface area contributed by atoms with E-state index >= 15 is 0 Å². The molecule has 7 N–H and O–H groups in total. The van der Waals surface area contributed by atoms with Gasteiger partial charge in [-0.2, -0.15) is 13.2 Å². The summed E-state index contributed by atoms with van der Waals surface area (Å²) in [5.41, 5.74) is 16.3. The Morgan fingerprint density at radius 3 is 1.57 bits per heavy atom. The standard InChI is InChI=1S/C10H9F3N2O2.C8H10N2O/c11-10(12,13)9(17)15-7(8(14)16)6-4-2-1-3-5-6;9-7(8(10)11)6-4-2-1-3-5-6/h1-5,7H,(H2,14,16)(H,15,17);1-5,7H,9H2,(H2,10,11). The number of nitrogens with one attached hydrogen (secondary N) is 1. The third-order valence-electron chi connectivity index (χ3n) is 3.42. The van der Waals surface area contributed by atoms with E-state index in [1.54, 1.807) is 18.2 Å². The molecule has 28 heavy (non-hydrogen) atoms. The Hall–Kier alpha value is -3.40. The predicted octanol–water partition coefficient (Wildman–Crippen LogP) is 1.06. The van der Waals surface area contributed by atoms with Gasteiger partial charge in [-0.05, 0) is 11.1 Å². The van der Waals surface area contributed by atoms with E-state index in [4.69, 9.17) is 17.2 Å². The minimum atomic E-state index is -5.05. The van der Waals surface area contributed by atoms with Gasteiger partial charge in [-0.15, -0.1) is 0 Å². The number of carbonyl (C=O) groups excluding carboxylic acids is 3. The molecule has 0 spiro atoms. The van der Waals surface area contributed by atoms with Gasteiger partial charge in [0, 0.05) is 0 Å². The molecule has 0 heterocycles. The number of amides is 3. The fraction of sp³-hybridized carbons (Fsp3) is 0.167. The Balaban J connectivity index is 0.000000307. The second kappa shape index (κ2) is 10.1. The zero-order valence-electron chi connectivity index (χ0n) is 14.5. The number of hydrogen-bond donors (Lipinski definition) is 4. The topological polar surface area (TPSA) is 141 Å². The van der Waals surface area contributed by atoms with Crippen molar-refractivity contribution < 1.29 is 27.6 Å². The van der Waals surface area contributed by atoms with E-state index in [9.17, 15) is 27.6 Å². The molecule has 10 heteroatoms. The molecule has 2 aromatic carbocycles. The summed E-state index contributed by atoms with van der Waals surface area (Å²) < 4.78 is 36.1. The first kappa shape index (κ1) is 22.6. The van der Waals surface area contributed by atoms with Crippen LogP contribution in [0.1, 0.15) is 23.2 Å². The molecule has 2 rings (SSSR count).